The largest absolute Gasteiger partial charge is 0.350 e. The van der Waals surface area contributed by atoms with Gasteiger partial charge in [-0.05, 0) is 37.8 Å². The summed E-state index contributed by atoms with van der Waals surface area (Å²) in [4.78, 5) is 38.1. The van der Waals surface area contributed by atoms with E-state index in [1.54, 1.807) is 6.07 Å². The fourth-order valence-corrected chi connectivity index (χ4v) is 4.11. The van der Waals surface area contributed by atoms with Crippen molar-refractivity contribution < 1.29 is 14.4 Å². The monoisotopic (exact) mass is 377 g/mol. The van der Waals surface area contributed by atoms with Gasteiger partial charge < -0.3 is 10.6 Å². The number of hydrogen-bond acceptors (Lipinski definition) is 3. The van der Waals surface area contributed by atoms with E-state index < -0.39 is 5.54 Å². The molecule has 2 aliphatic rings. The highest BCUT2D eigenvalue weighted by atomic mass is 35.5. The van der Waals surface area contributed by atoms with Crippen LogP contribution in [0.4, 0.5) is 4.79 Å². The molecule has 0 unspecified atom stereocenters. The number of imide groups is 1. The van der Waals surface area contributed by atoms with Gasteiger partial charge in [-0.25, -0.2) is 4.79 Å². The summed E-state index contributed by atoms with van der Waals surface area (Å²) in [5.74, 6) is -0.259. The van der Waals surface area contributed by atoms with Gasteiger partial charge in [0.25, 0.3) is 5.91 Å². The zero-order chi connectivity index (χ0) is 18.7. The van der Waals surface area contributed by atoms with Gasteiger partial charge in [0.1, 0.15) is 5.54 Å². The first-order valence-electron chi connectivity index (χ1n) is 9.11. The lowest BCUT2D eigenvalue weighted by Gasteiger charge is -2.20. The van der Waals surface area contributed by atoms with Crippen LogP contribution in [0.3, 0.4) is 0 Å². The highest BCUT2D eigenvalue weighted by Gasteiger charge is 2.51. The molecule has 26 heavy (non-hydrogen) atoms. The van der Waals surface area contributed by atoms with Gasteiger partial charge in [-0.1, -0.05) is 42.6 Å². The van der Waals surface area contributed by atoms with E-state index in [0.29, 0.717) is 24.3 Å². The Hall–Kier alpha value is -2.08. The minimum absolute atomic E-state index is 0.125. The summed E-state index contributed by atoms with van der Waals surface area (Å²) < 4.78 is 0. The summed E-state index contributed by atoms with van der Waals surface area (Å²) in [6, 6.07) is 6.85. The maximum absolute atomic E-state index is 12.5. The van der Waals surface area contributed by atoms with Crippen molar-refractivity contribution in [3.63, 3.8) is 0 Å². The summed E-state index contributed by atoms with van der Waals surface area (Å²) in [6.45, 7) is 2.14. The summed E-state index contributed by atoms with van der Waals surface area (Å²) in [7, 11) is 0. The molecule has 1 aliphatic heterocycles. The number of carbonyl (C=O) groups excluding carboxylic acids is 3. The summed E-state index contributed by atoms with van der Waals surface area (Å²) >= 11 is 6.14. The Balaban J connectivity index is 1.47. The lowest BCUT2D eigenvalue weighted by molar-refractivity contribution is -0.131. The van der Waals surface area contributed by atoms with Gasteiger partial charge in [0.15, 0.2) is 0 Å². The van der Waals surface area contributed by atoms with E-state index in [0.717, 1.165) is 18.4 Å². The van der Waals surface area contributed by atoms with Crippen molar-refractivity contribution in [3.05, 3.63) is 34.9 Å². The molecule has 6 nitrogen and oxygen atoms in total. The molecule has 140 valence electrons. The number of carbonyl (C=O) groups is 3. The van der Waals surface area contributed by atoms with E-state index in [2.05, 4.69) is 10.6 Å². The lowest BCUT2D eigenvalue weighted by atomic mass is 9.98. The molecule has 1 heterocycles. The van der Waals surface area contributed by atoms with Gasteiger partial charge in [0.05, 0.1) is 6.04 Å². The van der Waals surface area contributed by atoms with Gasteiger partial charge >= 0.3 is 6.03 Å². The fraction of sp³-hybridized carbons (Fsp3) is 0.526. The van der Waals surface area contributed by atoms with Crippen LogP contribution in [0, 0.1) is 0 Å². The van der Waals surface area contributed by atoms with Crippen molar-refractivity contribution >= 4 is 29.4 Å². The zero-order valence-electron chi connectivity index (χ0n) is 14.9. The maximum Gasteiger partial charge on any atom is 0.325 e. The van der Waals surface area contributed by atoms with E-state index in [4.69, 9.17) is 11.6 Å². The van der Waals surface area contributed by atoms with Crippen LogP contribution in [0.15, 0.2) is 24.3 Å². The second-order valence-corrected chi connectivity index (χ2v) is 7.50. The van der Waals surface area contributed by atoms with Crippen LogP contribution in [0.1, 0.15) is 57.1 Å². The third-order valence-electron chi connectivity index (χ3n) is 5.24. The summed E-state index contributed by atoms with van der Waals surface area (Å²) in [5, 5.41) is 6.37. The maximum atomic E-state index is 12.5. The first kappa shape index (κ1) is 18.7. The van der Waals surface area contributed by atoms with Crippen LogP contribution in [-0.4, -0.2) is 34.8 Å². The number of halogens is 1. The molecule has 2 N–H and O–H groups in total. The van der Waals surface area contributed by atoms with Gasteiger partial charge in [-0.3, -0.25) is 14.5 Å². The molecule has 1 atom stereocenters. The molecule has 0 radical (unpaired) electrons. The van der Waals surface area contributed by atoms with Crippen LogP contribution in [0.2, 0.25) is 5.02 Å². The number of rotatable bonds is 6. The smallest absolute Gasteiger partial charge is 0.325 e. The summed E-state index contributed by atoms with van der Waals surface area (Å²) in [5.41, 5.74) is 0.178. The Morgan fingerprint density at radius 1 is 1.31 bits per heavy atom. The predicted molar refractivity (Wildman–Crippen MR) is 98.7 cm³/mol. The Morgan fingerprint density at radius 2 is 2.00 bits per heavy atom. The van der Waals surface area contributed by atoms with Gasteiger partial charge in [0, 0.05) is 18.0 Å². The quantitative estimate of drug-likeness (QED) is 0.747. The van der Waals surface area contributed by atoms with Crippen molar-refractivity contribution in [2.75, 3.05) is 6.54 Å². The van der Waals surface area contributed by atoms with Crippen molar-refractivity contribution in [2.45, 2.75) is 57.0 Å². The Bertz CT molecular complexity index is 716. The van der Waals surface area contributed by atoms with Crippen molar-refractivity contribution in [3.8, 4) is 0 Å². The number of nitrogens with one attached hydrogen (secondary N) is 2. The second kappa shape index (κ2) is 7.66. The molecule has 2 fully saturated rings. The molecule has 1 spiro atoms. The van der Waals surface area contributed by atoms with E-state index >= 15 is 0 Å². The van der Waals surface area contributed by atoms with Crippen LogP contribution >= 0.6 is 11.6 Å². The molecule has 1 saturated heterocycles. The number of hydrogen-bond donors (Lipinski definition) is 2. The topological polar surface area (TPSA) is 78.5 Å². The van der Waals surface area contributed by atoms with Crippen molar-refractivity contribution in [2.24, 2.45) is 0 Å². The molecule has 0 aromatic heterocycles. The van der Waals surface area contributed by atoms with Crippen LogP contribution < -0.4 is 10.6 Å². The first-order valence-corrected chi connectivity index (χ1v) is 9.49. The first-order chi connectivity index (χ1) is 12.4. The second-order valence-electron chi connectivity index (χ2n) is 7.09. The Labute approximate surface area is 158 Å². The van der Waals surface area contributed by atoms with Gasteiger partial charge in [0.2, 0.25) is 5.91 Å². The van der Waals surface area contributed by atoms with Gasteiger partial charge in [-0.15, -0.1) is 0 Å². The number of nitrogens with zero attached hydrogens (tertiary/aromatic N) is 1. The average molecular weight is 378 g/mol. The molecule has 7 heteroatoms. The van der Waals surface area contributed by atoms with Crippen molar-refractivity contribution in [1.29, 1.82) is 0 Å². The molecule has 0 bridgehead atoms. The summed E-state index contributed by atoms with van der Waals surface area (Å²) in [6.07, 6.45) is 4.04. The normalized spacial score (nSPS) is 19.7. The lowest BCUT2D eigenvalue weighted by Crippen LogP contribution is -2.44. The minimum Gasteiger partial charge on any atom is -0.350 e. The van der Waals surface area contributed by atoms with Gasteiger partial charge in [-0.2, -0.15) is 0 Å². The van der Waals surface area contributed by atoms with E-state index in [-0.39, 0.29) is 36.9 Å². The molecule has 1 aromatic rings. The Morgan fingerprint density at radius 3 is 2.69 bits per heavy atom. The highest BCUT2D eigenvalue weighted by molar-refractivity contribution is 6.31. The number of benzene rings is 1. The number of urea groups is 1. The molecule has 1 saturated carbocycles. The molecule has 1 aromatic carbocycles. The third-order valence-corrected chi connectivity index (χ3v) is 5.58. The van der Waals surface area contributed by atoms with E-state index in [1.807, 2.05) is 25.1 Å². The minimum atomic E-state index is -0.683. The van der Waals surface area contributed by atoms with Crippen LogP contribution in [0.25, 0.3) is 0 Å². The number of amides is 4. The van der Waals surface area contributed by atoms with Crippen LogP contribution in [-0.2, 0) is 9.59 Å². The standard InChI is InChI=1S/C19H24ClN3O3/c1-13(14-7-2-3-8-15(14)20)21-16(24)9-6-12-23-17(25)19(22-18(23)26)10-4-5-11-19/h2-3,7-8,13H,4-6,9-12H2,1H3,(H,21,24)(H,22,26)/t13-/m1/s1. The van der Waals surface area contributed by atoms with Crippen molar-refractivity contribution in [1.82, 2.24) is 15.5 Å². The van der Waals surface area contributed by atoms with E-state index in [1.165, 1.54) is 4.90 Å². The SMILES string of the molecule is C[C@@H](NC(=O)CCCN1C(=O)NC2(CCCC2)C1=O)c1ccccc1Cl. The zero-order valence-corrected chi connectivity index (χ0v) is 15.6. The molecular formula is C19H24ClN3O3. The fourth-order valence-electron chi connectivity index (χ4n) is 3.81. The third kappa shape index (κ3) is 3.70. The molecular weight excluding hydrogens is 354 g/mol. The highest BCUT2D eigenvalue weighted by Crippen LogP contribution is 2.35. The predicted octanol–water partition coefficient (Wildman–Crippen LogP) is 3.16. The molecule has 4 amide bonds. The van der Waals surface area contributed by atoms with E-state index in [9.17, 15) is 14.4 Å². The van der Waals surface area contributed by atoms with Crippen LogP contribution in [0.5, 0.6) is 0 Å². The molecule has 1 aliphatic carbocycles. The Kier molecular flexibility index (Phi) is 5.51. The molecule has 3 rings (SSSR count). The average Bonchev–Trinajstić information content (AvgIpc) is 3.15.